The number of fused-ring (bicyclic) bond motifs is 1. The number of aromatic nitrogens is 4. The van der Waals surface area contributed by atoms with Crippen LogP contribution in [0.25, 0.3) is 11.2 Å². The second-order valence-electron chi connectivity index (χ2n) is 8.12. The zero-order valence-electron chi connectivity index (χ0n) is 17.1. The summed E-state index contributed by atoms with van der Waals surface area (Å²) in [5, 5.41) is 21.2. The van der Waals surface area contributed by atoms with E-state index in [1.807, 2.05) is 0 Å². The Hall–Kier alpha value is -1.33. The second kappa shape index (κ2) is 8.31. The second-order valence-corrected chi connectivity index (χ2v) is 10.7. The Labute approximate surface area is 178 Å². The molecule has 1 aliphatic heterocycles. The molecule has 5 N–H and O–H groups in total. The number of nitrogens with two attached hydrogens (primary N) is 1. The topological polar surface area (TPSA) is 166 Å². The van der Waals surface area contributed by atoms with E-state index in [0.717, 1.165) is 0 Å². The molecule has 0 spiro atoms. The summed E-state index contributed by atoms with van der Waals surface area (Å²) in [4.78, 5) is 22.3. The van der Waals surface area contributed by atoms with E-state index < -0.39 is 43.4 Å². The molecule has 0 saturated carbocycles. The number of aliphatic hydroxyl groups excluding tert-OH is 2. The molecular weight excluding hydrogens is 437 g/mol. The van der Waals surface area contributed by atoms with Crippen LogP contribution in [0.4, 0.5) is 5.95 Å². The number of hydrogen-bond acceptors (Lipinski definition) is 9. The number of hydrogen-bond donors (Lipinski definition) is 4. The third kappa shape index (κ3) is 4.47. The van der Waals surface area contributed by atoms with E-state index in [2.05, 4.69) is 15.0 Å². The Bertz CT molecular complexity index is 972. The average Bonchev–Trinajstić information content (AvgIpc) is 3.16. The molecule has 0 radical (unpaired) electrons. The van der Waals surface area contributed by atoms with Crippen molar-refractivity contribution in [2.24, 2.45) is 0 Å². The summed E-state index contributed by atoms with van der Waals surface area (Å²) in [6, 6.07) is 0. The number of nitrogens with zero attached hydrogens (tertiary/aromatic N) is 4. The summed E-state index contributed by atoms with van der Waals surface area (Å²) >= 11 is 6.04. The normalized spacial score (nSPS) is 28.0. The highest BCUT2D eigenvalue weighted by Crippen LogP contribution is 2.53. The summed E-state index contributed by atoms with van der Waals surface area (Å²) in [5.74, 6) is -0.0721. The van der Waals surface area contributed by atoms with Gasteiger partial charge in [0.25, 0.3) is 0 Å². The zero-order chi connectivity index (χ0) is 22.4. The highest BCUT2D eigenvalue weighted by atomic mass is 35.5. The van der Waals surface area contributed by atoms with E-state index in [-0.39, 0.29) is 28.7 Å². The molecule has 2 aromatic heterocycles. The van der Waals surface area contributed by atoms with Gasteiger partial charge in [-0.2, -0.15) is 9.97 Å². The fourth-order valence-electron chi connectivity index (χ4n) is 3.41. The Kier molecular flexibility index (Phi) is 6.46. The van der Waals surface area contributed by atoms with Crippen LogP contribution in [0.15, 0.2) is 6.33 Å². The molecule has 3 unspecified atom stereocenters. The van der Waals surface area contributed by atoms with E-state index in [4.69, 9.17) is 26.6 Å². The molecule has 3 rings (SSSR count). The number of halogens is 1. The number of ether oxygens (including phenoxy) is 1. The molecule has 1 saturated heterocycles. The Morgan fingerprint density at radius 2 is 2.07 bits per heavy atom. The first-order valence-corrected chi connectivity index (χ1v) is 11.6. The number of aliphatic hydroxyl groups is 2. The molecule has 168 valence electrons. The molecule has 13 heteroatoms. The predicted octanol–water partition coefficient (Wildman–Crippen LogP) is 1.85. The third-order valence-corrected chi connectivity index (χ3v) is 7.72. The fourth-order valence-corrected chi connectivity index (χ4v) is 5.05. The van der Waals surface area contributed by atoms with Crippen molar-refractivity contribution in [2.75, 3.05) is 5.73 Å². The Morgan fingerprint density at radius 1 is 1.40 bits per heavy atom. The van der Waals surface area contributed by atoms with Gasteiger partial charge in [-0.3, -0.25) is 9.13 Å². The predicted molar refractivity (Wildman–Crippen MR) is 110 cm³/mol. The van der Waals surface area contributed by atoms with Crippen molar-refractivity contribution in [2.45, 2.75) is 76.3 Å². The van der Waals surface area contributed by atoms with Crippen LogP contribution in [0.3, 0.4) is 0 Å². The highest BCUT2D eigenvalue weighted by Gasteiger charge is 2.47. The van der Waals surface area contributed by atoms with Gasteiger partial charge in [-0.25, -0.2) is 4.98 Å². The lowest BCUT2D eigenvalue weighted by Crippen LogP contribution is -2.37. The summed E-state index contributed by atoms with van der Waals surface area (Å²) in [7, 11) is -3.86. The molecule has 1 fully saturated rings. The van der Waals surface area contributed by atoms with Gasteiger partial charge in [0.15, 0.2) is 17.0 Å². The van der Waals surface area contributed by atoms with Crippen LogP contribution < -0.4 is 5.73 Å². The van der Waals surface area contributed by atoms with E-state index in [1.54, 1.807) is 27.7 Å². The van der Waals surface area contributed by atoms with Crippen molar-refractivity contribution in [3.05, 3.63) is 11.5 Å². The van der Waals surface area contributed by atoms with E-state index in [9.17, 15) is 19.7 Å². The first kappa shape index (κ1) is 23.3. The van der Waals surface area contributed by atoms with Gasteiger partial charge < -0.3 is 30.1 Å². The average molecular weight is 464 g/mol. The maximum absolute atomic E-state index is 12.5. The van der Waals surface area contributed by atoms with Crippen molar-refractivity contribution in [1.82, 2.24) is 19.5 Å². The smallest absolute Gasteiger partial charge is 0.331 e. The molecule has 1 aliphatic rings. The van der Waals surface area contributed by atoms with Gasteiger partial charge in [-0.1, -0.05) is 25.4 Å². The molecule has 30 heavy (non-hydrogen) atoms. The molecule has 11 nitrogen and oxygen atoms in total. The van der Waals surface area contributed by atoms with E-state index in [1.165, 1.54) is 10.9 Å². The highest BCUT2D eigenvalue weighted by molar-refractivity contribution is 7.53. The van der Waals surface area contributed by atoms with Crippen molar-refractivity contribution < 1.29 is 28.9 Å². The number of anilines is 1. The largest absolute Gasteiger partial charge is 0.388 e. The number of imidazole rings is 1. The molecule has 0 aliphatic carbocycles. The van der Waals surface area contributed by atoms with Crippen molar-refractivity contribution in [3.63, 3.8) is 0 Å². The van der Waals surface area contributed by atoms with Crippen LogP contribution in [0.2, 0.25) is 5.15 Å². The minimum absolute atomic E-state index is 0.0547. The van der Waals surface area contributed by atoms with Crippen LogP contribution in [-0.4, -0.2) is 64.2 Å². The zero-order valence-corrected chi connectivity index (χ0v) is 18.8. The van der Waals surface area contributed by atoms with Crippen LogP contribution in [-0.2, 0) is 13.8 Å². The van der Waals surface area contributed by atoms with Gasteiger partial charge in [-0.15, -0.1) is 0 Å². The molecule has 0 aromatic carbocycles. The Balaban J connectivity index is 1.81. The van der Waals surface area contributed by atoms with Gasteiger partial charge in [0.2, 0.25) is 5.95 Å². The van der Waals surface area contributed by atoms with Gasteiger partial charge in [0.05, 0.1) is 23.7 Å². The lowest BCUT2D eigenvalue weighted by atomic mass is 9.97. The van der Waals surface area contributed by atoms with E-state index >= 15 is 0 Å². The quantitative estimate of drug-likeness (QED) is 0.351. The summed E-state index contributed by atoms with van der Waals surface area (Å²) in [6.45, 7) is 6.70. The minimum atomic E-state index is -3.86. The SMILES string of the molecule is CCC(C)P(=O)(O)OC(C)(C)CC1O[C@@H](n2cnc3c(Cl)nc(N)nc32)[C@H](O)[C@@H]1O. The van der Waals surface area contributed by atoms with Crippen LogP contribution in [0.1, 0.15) is 46.8 Å². The maximum Gasteiger partial charge on any atom is 0.331 e. The van der Waals surface area contributed by atoms with Crippen LogP contribution in [0, 0.1) is 0 Å². The molecule has 6 atom stereocenters. The van der Waals surface area contributed by atoms with Gasteiger partial charge >= 0.3 is 7.60 Å². The molecule has 0 amide bonds. The Morgan fingerprint density at radius 3 is 2.70 bits per heavy atom. The fraction of sp³-hybridized carbons (Fsp3) is 0.706. The van der Waals surface area contributed by atoms with Gasteiger partial charge in [0.1, 0.15) is 17.7 Å². The summed E-state index contributed by atoms with van der Waals surface area (Å²) in [6.07, 6.45) is -2.57. The maximum atomic E-state index is 12.5. The first-order chi connectivity index (χ1) is 13.9. The third-order valence-electron chi connectivity index (χ3n) is 5.23. The van der Waals surface area contributed by atoms with Crippen LogP contribution in [0.5, 0.6) is 0 Å². The van der Waals surface area contributed by atoms with Crippen molar-refractivity contribution in [3.8, 4) is 0 Å². The van der Waals surface area contributed by atoms with Crippen molar-refractivity contribution in [1.29, 1.82) is 0 Å². The monoisotopic (exact) mass is 463 g/mol. The standard InChI is InChI=1S/C17H27ClN5O6P/c1-5-8(2)30(26,27)29-17(3,4)6-9-11(24)12(25)15(28-9)23-7-20-10-13(18)21-16(19)22-14(10)23/h7-9,11-12,15,24-25H,5-6H2,1-4H3,(H,26,27)(H2,19,21,22)/t8?,9?,11-,12-,15-/m1/s1. The summed E-state index contributed by atoms with van der Waals surface area (Å²) < 4.78 is 25.3. The van der Waals surface area contributed by atoms with Crippen LogP contribution >= 0.6 is 19.2 Å². The minimum Gasteiger partial charge on any atom is -0.388 e. The number of rotatable bonds is 7. The van der Waals surface area contributed by atoms with E-state index in [0.29, 0.717) is 6.42 Å². The van der Waals surface area contributed by atoms with Crippen molar-refractivity contribution >= 4 is 36.3 Å². The summed E-state index contributed by atoms with van der Waals surface area (Å²) in [5.41, 5.74) is 4.55. The van der Waals surface area contributed by atoms with Gasteiger partial charge in [-0.05, 0) is 20.3 Å². The van der Waals surface area contributed by atoms with Gasteiger partial charge in [0, 0.05) is 6.42 Å². The first-order valence-electron chi connectivity index (χ1n) is 9.56. The molecule has 2 aromatic rings. The lowest BCUT2D eigenvalue weighted by molar-refractivity contribution is -0.0605. The number of nitrogen functional groups attached to an aromatic ring is 1. The molecular formula is C17H27ClN5O6P. The molecule has 3 heterocycles. The molecule has 0 bridgehead atoms. The lowest BCUT2D eigenvalue weighted by Gasteiger charge is -2.32.